The van der Waals surface area contributed by atoms with Crippen molar-refractivity contribution in [2.75, 3.05) is 24.0 Å². The van der Waals surface area contributed by atoms with E-state index in [0.29, 0.717) is 23.6 Å². The van der Waals surface area contributed by atoms with Crippen LogP contribution in [0.15, 0.2) is 12.5 Å². The smallest absolute Gasteiger partial charge is 0.326 e. The molecule has 32 heavy (non-hydrogen) atoms. The second-order valence-corrected chi connectivity index (χ2v) is 9.13. The van der Waals surface area contributed by atoms with Crippen LogP contribution in [0.25, 0.3) is 0 Å². The quantitative estimate of drug-likeness (QED) is 0.187. The molecule has 4 atom stereocenters. The van der Waals surface area contributed by atoms with E-state index in [4.69, 9.17) is 5.73 Å². The number of nitrogens with zero attached hydrogens (tertiary/aromatic N) is 1. The number of rotatable bonds is 15. The van der Waals surface area contributed by atoms with E-state index in [1.165, 1.54) is 43.0 Å². The van der Waals surface area contributed by atoms with E-state index in [9.17, 15) is 24.3 Å². The standard InChI is InChI=1S/C19H32N6O5S2/c1-11(20)16(26)23-13(4-6-31-2)17(27)25-15(8-12-9-21-10-22-12)18(28)24-14(19(29)30)5-7-32-3/h9-11,13-15H,4-8,20H2,1-3H3,(H,21,22)(H,23,26)(H,24,28)(H,25,27)(H,29,30). The molecule has 0 aliphatic carbocycles. The van der Waals surface area contributed by atoms with Crippen LogP contribution in [-0.4, -0.2) is 86.9 Å². The number of aromatic nitrogens is 2. The number of hydrogen-bond acceptors (Lipinski definition) is 8. The summed E-state index contributed by atoms with van der Waals surface area (Å²) in [4.78, 5) is 56.2. The minimum Gasteiger partial charge on any atom is -0.480 e. The number of amides is 3. The van der Waals surface area contributed by atoms with Gasteiger partial charge in [0.15, 0.2) is 0 Å². The van der Waals surface area contributed by atoms with Gasteiger partial charge >= 0.3 is 5.97 Å². The maximum atomic E-state index is 12.9. The molecule has 4 unspecified atom stereocenters. The van der Waals surface area contributed by atoms with E-state index in [2.05, 4.69) is 25.9 Å². The molecule has 1 aromatic heterocycles. The summed E-state index contributed by atoms with van der Waals surface area (Å²) in [5.74, 6) is -1.67. The maximum absolute atomic E-state index is 12.9. The van der Waals surface area contributed by atoms with Gasteiger partial charge in [0.05, 0.1) is 12.4 Å². The molecule has 1 heterocycles. The fourth-order valence-electron chi connectivity index (χ4n) is 2.67. The van der Waals surface area contributed by atoms with E-state index in [-0.39, 0.29) is 12.8 Å². The van der Waals surface area contributed by atoms with Crippen LogP contribution in [0.5, 0.6) is 0 Å². The molecule has 0 saturated heterocycles. The molecular formula is C19H32N6O5S2. The van der Waals surface area contributed by atoms with Crippen LogP contribution in [0.2, 0.25) is 0 Å². The minimum absolute atomic E-state index is 0.0723. The molecule has 1 aromatic rings. The van der Waals surface area contributed by atoms with Gasteiger partial charge in [0.1, 0.15) is 18.1 Å². The van der Waals surface area contributed by atoms with Gasteiger partial charge in [-0.2, -0.15) is 23.5 Å². The number of carbonyl (C=O) groups excluding carboxylic acids is 3. The van der Waals surface area contributed by atoms with Crippen molar-refractivity contribution < 1.29 is 24.3 Å². The van der Waals surface area contributed by atoms with Crippen LogP contribution in [0.4, 0.5) is 0 Å². The fraction of sp³-hybridized carbons (Fsp3) is 0.632. The van der Waals surface area contributed by atoms with Crippen molar-refractivity contribution in [2.24, 2.45) is 5.73 Å². The third-order valence-electron chi connectivity index (χ3n) is 4.49. The highest BCUT2D eigenvalue weighted by molar-refractivity contribution is 7.98. The number of carboxylic acids is 1. The van der Waals surface area contributed by atoms with Crippen molar-refractivity contribution in [3.63, 3.8) is 0 Å². The van der Waals surface area contributed by atoms with Crippen molar-refractivity contribution in [3.05, 3.63) is 18.2 Å². The number of carbonyl (C=O) groups is 4. The summed E-state index contributed by atoms with van der Waals surface area (Å²) < 4.78 is 0. The van der Waals surface area contributed by atoms with Gasteiger partial charge in [0, 0.05) is 18.3 Å². The average molecular weight is 489 g/mol. The summed E-state index contributed by atoms with van der Waals surface area (Å²) in [5, 5.41) is 17.2. The van der Waals surface area contributed by atoms with Crippen molar-refractivity contribution in [1.82, 2.24) is 25.9 Å². The van der Waals surface area contributed by atoms with E-state index in [0.717, 1.165) is 0 Å². The SMILES string of the molecule is CSCCC(NC(=O)C(Cc1cnc[nH]1)NC(=O)C(CCSC)NC(=O)C(C)N)C(=O)O. The highest BCUT2D eigenvalue weighted by Crippen LogP contribution is 2.06. The Balaban J connectivity index is 2.99. The van der Waals surface area contributed by atoms with Gasteiger partial charge < -0.3 is 31.8 Å². The van der Waals surface area contributed by atoms with E-state index < -0.39 is 47.9 Å². The first-order chi connectivity index (χ1) is 15.2. The number of nitrogens with two attached hydrogens (primary N) is 1. The molecule has 3 amide bonds. The molecule has 0 aliphatic heterocycles. The molecule has 0 spiro atoms. The van der Waals surface area contributed by atoms with Crippen LogP contribution in [0.3, 0.4) is 0 Å². The molecule has 1 rings (SSSR count). The number of nitrogens with one attached hydrogen (secondary N) is 4. The Morgan fingerprint density at radius 1 is 1.00 bits per heavy atom. The lowest BCUT2D eigenvalue weighted by Gasteiger charge is -2.24. The number of H-pyrrole nitrogens is 1. The zero-order chi connectivity index (χ0) is 24.1. The van der Waals surface area contributed by atoms with Crippen molar-refractivity contribution >= 4 is 47.2 Å². The normalized spacial score (nSPS) is 14.6. The molecule has 180 valence electrons. The fourth-order valence-corrected chi connectivity index (χ4v) is 3.61. The van der Waals surface area contributed by atoms with Gasteiger partial charge in [0.25, 0.3) is 0 Å². The van der Waals surface area contributed by atoms with Gasteiger partial charge in [-0.3, -0.25) is 14.4 Å². The first kappa shape index (κ1) is 27.8. The van der Waals surface area contributed by atoms with Gasteiger partial charge in [-0.1, -0.05) is 0 Å². The predicted molar refractivity (Wildman–Crippen MR) is 125 cm³/mol. The number of thioether (sulfide) groups is 2. The topological polar surface area (TPSA) is 179 Å². The van der Waals surface area contributed by atoms with Gasteiger partial charge in [0.2, 0.25) is 17.7 Å². The Morgan fingerprint density at radius 3 is 2.03 bits per heavy atom. The van der Waals surface area contributed by atoms with Crippen LogP contribution in [0, 0.1) is 0 Å². The van der Waals surface area contributed by atoms with Crippen LogP contribution < -0.4 is 21.7 Å². The Bertz CT molecular complexity index is 747. The molecule has 0 fully saturated rings. The number of hydrogen-bond donors (Lipinski definition) is 6. The van der Waals surface area contributed by atoms with Crippen molar-refractivity contribution in [1.29, 1.82) is 0 Å². The van der Waals surface area contributed by atoms with Crippen LogP contribution in [0.1, 0.15) is 25.5 Å². The van der Waals surface area contributed by atoms with E-state index in [1.807, 2.05) is 12.5 Å². The lowest BCUT2D eigenvalue weighted by Crippen LogP contribution is -2.57. The second-order valence-electron chi connectivity index (χ2n) is 7.15. The number of carboxylic acid groups (broad SMARTS) is 1. The summed E-state index contributed by atoms with van der Waals surface area (Å²) in [6.07, 6.45) is 7.32. The lowest BCUT2D eigenvalue weighted by atomic mass is 10.1. The predicted octanol–water partition coefficient (Wildman–Crippen LogP) is -0.655. The first-order valence-electron chi connectivity index (χ1n) is 10.0. The Hall–Kier alpha value is -2.25. The molecule has 13 heteroatoms. The van der Waals surface area contributed by atoms with E-state index in [1.54, 1.807) is 0 Å². The van der Waals surface area contributed by atoms with Crippen molar-refractivity contribution in [3.8, 4) is 0 Å². The molecule has 0 aliphatic rings. The summed E-state index contributed by atoms with van der Waals surface area (Å²) in [7, 11) is 0. The lowest BCUT2D eigenvalue weighted by molar-refractivity contribution is -0.142. The Labute approximate surface area is 195 Å². The summed E-state index contributed by atoms with van der Waals surface area (Å²) in [6, 6.07) is -3.83. The zero-order valence-corrected chi connectivity index (χ0v) is 20.1. The summed E-state index contributed by atoms with van der Waals surface area (Å²) >= 11 is 2.98. The van der Waals surface area contributed by atoms with Crippen LogP contribution in [-0.2, 0) is 25.6 Å². The molecule has 0 bridgehead atoms. The average Bonchev–Trinajstić information content (AvgIpc) is 3.25. The molecule has 0 aromatic carbocycles. The maximum Gasteiger partial charge on any atom is 0.326 e. The summed E-state index contributed by atoms with van der Waals surface area (Å²) in [6.45, 7) is 1.51. The number of imidazole rings is 1. The molecule has 11 nitrogen and oxygen atoms in total. The third kappa shape index (κ3) is 9.92. The third-order valence-corrected chi connectivity index (χ3v) is 5.78. The van der Waals surface area contributed by atoms with Crippen molar-refractivity contribution in [2.45, 2.75) is 50.4 Å². The highest BCUT2D eigenvalue weighted by Gasteiger charge is 2.30. The molecular weight excluding hydrogens is 456 g/mol. The Kier molecular flexibility index (Phi) is 12.8. The molecule has 0 saturated carbocycles. The Morgan fingerprint density at radius 2 is 1.53 bits per heavy atom. The summed E-state index contributed by atoms with van der Waals surface area (Å²) in [5.41, 5.74) is 6.18. The second kappa shape index (κ2) is 14.7. The monoisotopic (exact) mass is 488 g/mol. The van der Waals surface area contributed by atoms with Crippen LogP contribution >= 0.6 is 23.5 Å². The highest BCUT2D eigenvalue weighted by atomic mass is 32.2. The van der Waals surface area contributed by atoms with Gasteiger partial charge in [-0.25, -0.2) is 9.78 Å². The van der Waals surface area contributed by atoms with Gasteiger partial charge in [-0.05, 0) is 43.8 Å². The molecule has 0 radical (unpaired) electrons. The van der Waals surface area contributed by atoms with E-state index >= 15 is 0 Å². The van der Waals surface area contributed by atoms with Gasteiger partial charge in [-0.15, -0.1) is 0 Å². The zero-order valence-electron chi connectivity index (χ0n) is 18.4. The largest absolute Gasteiger partial charge is 0.480 e. The minimum atomic E-state index is -1.15. The molecule has 7 N–H and O–H groups in total. The first-order valence-corrected chi connectivity index (χ1v) is 12.8. The number of aliphatic carboxylic acids is 1. The number of aromatic amines is 1.